The van der Waals surface area contributed by atoms with Crippen LogP contribution in [0.25, 0.3) is 5.76 Å². The monoisotopic (exact) mass is 550 g/mol. The first kappa shape index (κ1) is 28.4. The van der Waals surface area contributed by atoms with Crippen LogP contribution in [0, 0.1) is 0 Å². The van der Waals surface area contributed by atoms with Crippen LogP contribution >= 0.6 is 0 Å². The number of rotatable bonds is 6. The van der Waals surface area contributed by atoms with E-state index in [1.807, 2.05) is 0 Å². The summed E-state index contributed by atoms with van der Waals surface area (Å²) in [5.74, 6) is 3.37. The minimum Gasteiger partial charge on any atom is -0.456 e. The van der Waals surface area contributed by atoms with Gasteiger partial charge in [0.2, 0.25) is 0 Å². The lowest BCUT2D eigenvalue weighted by Gasteiger charge is -2.38. The Balaban J connectivity index is 1.79. The zero-order valence-corrected chi connectivity index (χ0v) is 25.5. The van der Waals surface area contributed by atoms with E-state index in [9.17, 15) is 13.0 Å². The van der Waals surface area contributed by atoms with E-state index >= 15 is 0 Å². The van der Waals surface area contributed by atoms with E-state index in [-0.39, 0.29) is 16.7 Å². The Morgan fingerprint density at radius 3 is 1.92 bits per heavy atom. The number of allylic oxidation sites excluding steroid dienone is 1. The maximum atomic E-state index is 12.4. The summed E-state index contributed by atoms with van der Waals surface area (Å²) >= 11 is 0. The Morgan fingerprint density at radius 1 is 0.769 bits per heavy atom. The molecule has 3 aliphatic rings. The first-order valence-corrected chi connectivity index (χ1v) is 16.7. The van der Waals surface area contributed by atoms with Crippen LogP contribution in [0.1, 0.15) is 162 Å². The van der Waals surface area contributed by atoms with Crippen LogP contribution < -0.4 is 4.74 Å². The molecule has 212 valence electrons. The Hall–Kier alpha value is -2.11. The minimum absolute atomic E-state index is 0.0193. The van der Waals surface area contributed by atoms with E-state index in [2.05, 4.69) is 53.7 Å². The number of fused-ring (bicyclic) bond motifs is 3. The first-order chi connectivity index (χ1) is 18.5. The lowest BCUT2D eigenvalue weighted by Crippen LogP contribution is -2.23. The summed E-state index contributed by atoms with van der Waals surface area (Å²) in [6.45, 7) is 13.6. The van der Waals surface area contributed by atoms with Gasteiger partial charge in [0.15, 0.2) is 0 Å². The smallest absolute Gasteiger partial charge is 0.294 e. The summed E-state index contributed by atoms with van der Waals surface area (Å²) in [7, 11) is -4.32. The van der Waals surface area contributed by atoms with E-state index in [0.717, 1.165) is 74.0 Å². The van der Waals surface area contributed by atoms with Gasteiger partial charge in [0.1, 0.15) is 11.5 Å². The molecule has 0 spiro atoms. The largest absolute Gasteiger partial charge is 0.456 e. The quantitative estimate of drug-likeness (QED) is 0.364. The Bertz CT molecular complexity index is 1350. The van der Waals surface area contributed by atoms with Gasteiger partial charge in [0, 0.05) is 17.0 Å². The fraction of sp³-hybridized carbons (Fsp3) is 0.588. The molecule has 0 aromatic heterocycles. The fourth-order valence-corrected chi connectivity index (χ4v) is 7.66. The van der Waals surface area contributed by atoms with Gasteiger partial charge in [-0.15, -0.1) is 0 Å². The third-order valence-corrected chi connectivity index (χ3v) is 10.1. The molecule has 2 fully saturated rings. The zero-order valence-electron chi connectivity index (χ0n) is 24.6. The van der Waals surface area contributed by atoms with E-state index in [4.69, 9.17) is 4.74 Å². The van der Waals surface area contributed by atoms with Gasteiger partial charge in [-0.25, -0.2) is 0 Å². The molecule has 2 saturated carbocycles. The fourth-order valence-electron chi connectivity index (χ4n) is 7.11. The molecule has 2 aliphatic carbocycles. The van der Waals surface area contributed by atoms with E-state index in [1.165, 1.54) is 34.2 Å². The molecule has 0 saturated heterocycles. The van der Waals surface area contributed by atoms with Crippen LogP contribution in [0.4, 0.5) is 0 Å². The molecule has 1 atom stereocenters. The van der Waals surface area contributed by atoms with Crippen molar-refractivity contribution in [2.75, 3.05) is 0 Å². The van der Waals surface area contributed by atoms with Gasteiger partial charge in [-0.2, -0.15) is 8.42 Å². The molecular formula is C34H46O4S. The molecule has 2 aromatic carbocycles. The second-order valence-electron chi connectivity index (χ2n) is 13.0. The average molecular weight is 551 g/mol. The molecule has 39 heavy (non-hydrogen) atoms. The molecule has 5 heteroatoms. The predicted octanol–water partition coefficient (Wildman–Crippen LogP) is 9.81. The predicted molar refractivity (Wildman–Crippen MR) is 160 cm³/mol. The topological polar surface area (TPSA) is 63.6 Å². The molecule has 1 heterocycles. The first-order valence-electron chi connectivity index (χ1n) is 15.2. The van der Waals surface area contributed by atoms with E-state index in [1.54, 1.807) is 12.1 Å². The second-order valence-corrected chi connectivity index (χ2v) is 14.5. The van der Waals surface area contributed by atoms with Crippen molar-refractivity contribution in [3.05, 3.63) is 63.2 Å². The van der Waals surface area contributed by atoms with Crippen molar-refractivity contribution < 1.29 is 17.7 Å². The van der Waals surface area contributed by atoms with Crippen molar-refractivity contribution in [3.8, 4) is 5.75 Å². The van der Waals surface area contributed by atoms with Gasteiger partial charge in [-0.3, -0.25) is 4.55 Å². The number of ether oxygens (including phenoxy) is 1. The normalized spacial score (nSPS) is 20.4. The van der Waals surface area contributed by atoms with Crippen LogP contribution in [0.5, 0.6) is 5.75 Å². The molecule has 4 nitrogen and oxygen atoms in total. The Kier molecular flexibility index (Phi) is 8.05. The molecule has 5 rings (SSSR count). The van der Waals surface area contributed by atoms with Crippen molar-refractivity contribution in [3.63, 3.8) is 0 Å². The number of benzene rings is 2. The lowest BCUT2D eigenvalue weighted by molar-refractivity contribution is 0.401. The molecular weight excluding hydrogens is 504 g/mol. The van der Waals surface area contributed by atoms with Crippen LogP contribution in [-0.4, -0.2) is 13.0 Å². The van der Waals surface area contributed by atoms with Gasteiger partial charge in [0.05, 0.1) is 4.90 Å². The van der Waals surface area contributed by atoms with Gasteiger partial charge in [-0.1, -0.05) is 79.4 Å². The van der Waals surface area contributed by atoms with Crippen molar-refractivity contribution in [1.29, 1.82) is 0 Å². The van der Waals surface area contributed by atoms with Crippen LogP contribution in [0.3, 0.4) is 0 Å². The lowest BCUT2D eigenvalue weighted by atomic mass is 9.73. The molecule has 1 aliphatic heterocycles. The van der Waals surface area contributed by atoms with Crippen molar-refractivity contribution in [2.24, 2.45) is 0 Å². The number of hydrogen-bond donors (Lipinski definition) is 1. The molecule has 0 bridgehead atoms. The van der Waals surface area contributed by atoms with Crippen LogP contribution in [0.2, 0.25) is 0 Å². The highest BCUT2D eigenvalue weighted by Crippen LogP contribution is 2.54. The van der Waals surface area contributed by atoms with Crippen LogP contribution in [-0.2, 0) is 10.1 Å². The standard InChI is InChI=1S/C34H46O4S/c1-20(2)24-16-28(21(3)4)32(29(17-24)22(5)6)34-27-15-11-10-14-26(27)31-19-25(39(35,36)37)18-30(33(31)38-34)23-12-8-7-9-13-23/h16-23,26H,7-15H2,1-6H3,(H,35,36,37). The van der Waals surface area contributed by atoms with Gasteiger partial charge in [-0.05, 0) is 95.7 Å². The molecule has 0 amide bonds. The molecule has 1 unspecified atom stereocenters. The highest BCUT2D eigenvalue weighted by Gasteiger charge is 2.38. The Morgan fingerprint density at radius 2 is 1.36 bits per heavy atom. The summed E-state index contributed by atoms with van der Waals surface area (Å²) in [6, 6.07) is 8.21. The minimum atomic E-state index is -4.32. The molecule has 2 aromatic rings. The van der Waals surface area contributed by atoms with E-state index < -0.39 is 10.1 Å². The van der Waals surface area contributed by atoms with Crippen molar-refractivity contribution in [1.82, 2.24) is 0 Å². The van der Waals surface area contributed by atoms with Gasteiger partial charge >= 0.3 is 0 Å². The summed E-state index contributed by atoms with van der Waals surface area (Å²) < 4.78 is 42.1. The van der Waals surface area contributed by atoms with Crippen molar-refractivity contribution in [2.45, 2.75) is 134 Å². The van der Waals surface area contributed by atoms with E-state index in [0.29, 0.717) is 17.8 Å². The molecule has 0 radical (unpaired) electrons. The SMILES string of the molecule is CC(C)c1cc(C(C)C)c(C2=C3CCCCC3c3cc(S(=O)(=O)O)cc(C4CCCCC4)c3O2)c(C(C)C)c1. The summed E-state index contributed by atoms with van der Waals surface area (Å²) in [5.41, 5.74) is 8.54. The third kappa shape index (κ3) is 5.46. The van der Waals surface area contributed by atoms with Crippen LogP contribution in [0.15, 0.2) is 34.7 Å². The van der Waals surface area contributed by atoms with Gasteiger partial charge < -0.3 is 4.74 Å². The highest BCUT2D eigenvalue weighted by atomic mass is 32.2. The summed E-state index contributed by atoms with van der Waals surface area (Å²) in [6.07, 6.45) is 9.69. The summed E-state index contributed by atoms with van der Waals surface area (Å²) in [4.78, 5) is 0.0193. The number of hydrogen-bond acceptors (Lipinski definition) is 3. The average Bonchev–Trinajstić information content (AvgIpc) is 2.91. The maximum absolute atomic E-state index is 12.4. The summed E-state index contributed by atoms with van der Waals surface area (Å²) in [5, 5.41) is 0. The maximum Gasteiger partial charge on any atom is 0.294 e. The highest BCUT2D eigenvalue weighted by molar-refractivity contribution is 7.85. The molecule has 1 N–H and O–H groups in total. The third-order valence-electron chi connectivity index (χ3n) is 9.30. The van der Waals surface area contributed by atoms with Crippen molar-refractivity contribution >= 4 is 15.9 Å². The Labute approximate surface area is 236 Å². The second kappa shape index (κ2) is 11.0. The van der Waals surface area contributed by atoms with Gasteiger partial charge in [0.25, 0.3) is 10.1 Å². The zero-order chi connectivity index (χ0) is 28.1.